The smallest absolute Gasteiger partial charge is 0.157 e. The molecule has 0 fully saturated rings. The van der Waals surface area contributed by atoms with Crippen LogP contribution in [0.2, 0.25) is 0 Å². The van der Waals surface area contributed by atoms with Gasteiger partial charge in [0.1, 0.15) is 0 Å². The van der Waals surface area contributed by atoms with Crippen molar-refractivity contribution in [1.29, 1.82) is 0 Å². The number of nitrogens with one attached hydrogen (secondary N) is 1. The molecule has 1 atom stereocenters. The van der Waals surface area contributed by atoms with E-state index < -0.39 is 0 Å². The number of phenols is 2. The van der Waals surface area contributed by atoms with Gasteiger partial charge in [-0.25, -0.2) is 0 Å². The maximum atomic E-state index is 9.27. The van der Waals surface area contributed by atoms with E-state index in [-0.39, 0.29) is 11.5 Å². The largest absolute Gasteiger partial charge is 0.504 e. The van der Waals surface area contributed by atoms with E-state index in [0.29, 0.717) is 6.04 Å². The Hall–Kier alpha value is -1.22. The van der Waals surface area contributed by atoms with Crippen LogP contribution in [0.3, 0.4) is 0 Å². The minimum Gasteiger partial charge on any atom is -0.504 e. The van der Waals surface area contributed by atoms with Crippen molar-refractivity contribution in [2.24, 2.45) is 0 Å². The lowest BCUT2D eigenvalue weighted by Crippen LogP contribution is -2.27. The average molecular weight is 195 g/mol. The Morgan fingerprint density at radius 3 is 2.57 bits per heavy atom. The Bertz CT molecular complexity index is 299. The molecule has 3 heteroatoms. The van der Waals surface area contributed by atoms with Gasteiger partial charge in [-0.15, -0.1) is 0 Å². The van der Waals surface area contributed by atoms with Crippen molar-refractivity contribution >= 4 is 0 Å². The predicted molar refractivity (Wildman–Crippen MR) is 56.6 cm³/mol. The molecule has 0 aliphatic carbocycles. The van der Waals surface area contributed by atoms with Gasteiger partial charge in [0.15, 0.2) is 11.5 Å². The minimum atomic E-state index is -0.0650. The standard InChI is InChI=1S/C11H17NO2/c1-3-12-8(2)6-9-4-5-10(13)11(14)7-9/h4-5,7-8,12-14H,3,6H2,1-2H3/t8-/m0/s1. The third kappa shape index (κ3) is 2.92. The van der Waals surface area contributed by atoms with Crippen LogP contribution in [0.25, 0.3) is 0 Å². The zero-order chi connectivity index (χ0) is 10.6. The summed E-state index contributed by atoms with van der Waals surface area (Å²) in [7, 11) is 0. The SMILES string of the molecule is CCN[C@@H](C)Cc1ccc(O)c(O)c1. The zero-order valence-corrected chi connectivity index (χ0v) is 8.62. The lowest BCUT2D eigenvalue weighted by atomic mass is 10.1. The monoisotopic (exact) mass is 195 g/mol. The van der Waals surface area contributed by atoms with Crippen LogP contribution in [0.1, 0.15) is 19.4 Å². The molecule has 0 saturated carbocycles. The summed E-state index contributed by atoms with van der Waals surface area (Å²) in [6.45, 7) is 5.09. The molecule has 78 valence electrons. The second kappa shape index (κ2) is 4.86. The Morgan fingerprint density at radius 1 is 1.29 bits per heavy atom. The summed E-state index contributed by atoms with van der Waals surface area (Å²) in [5.74, 6) is -0.115. The van der Waals surface area contributed by atoms with Gasteiger partial charge in [0.2, 0.25) is 0 Å². The Morgan fingerprint density at radius 2 is 2.00 bits per heavy atom. The first-order valence-electron chi connectivity index (χ1n) is 4.87. The van der Waals surface area contributed by atoms with Crippen LogP contribution in [0, 0.1) is 0 Å². The molecule has 0 spiro atoms. The van der Waals surface area contributed by atoms with Crippen molar-refractivity contribution in [2.75, 3.05) is 6.54 Å². The summed E-state index contributed by atoms with van der Waals surface area (Å²) in [4.78, 5) is 0. The summed E-state index contributed by atoms with van der Waals surface area (Å²) in [6, 6.07) is 5.32. The summed E-state index contributed by atoms with van der Waals surface area (Å²) in [6.07, 6.45) is 0.849. The van der Waals surface area contributed by atoms with Crippen LogP contribution in [0.5, 0.6) is 11.5 Å². The number of rotatable bonds is 4. The second-order valence-corrected chi connectivity index (χ2v) is 3.49. The third-order valence-electron chi connectivity index (χ3n) is 2.13. The normalized spacial score (nSPS) is 12.7. The molecule has 0 radical (unpaired) electrons. The number of hydrogen-bond donors (Lipinski definition) is 3. The van der Waals surface area contributed by atoms with Crippen LogP contribution in [0.15, 0.2) is 18.2 Å². The van der Waals surface area contributed by atoms with Crippen LogP contribution in [0.4, 0.5) is 0 Å². The second-order valence-electron chi connectivity index (χ2n) is 3.49. The van der Waals surface area contributed by atoms with E-state index in [9.17, 15) is 5.11 Å². The van der Waals surface area contributed by atoms with Crippen molar-refractivity contribution < 1.29 is 10.2 Å². The zero-order valence-electron chi connectivity index (χ0n) is 8.62. The van der Waals surface area contributed by atoms with Gasteiger partial charge in [-0.2, -0.15) is 0 Å². The molecule has 0 heterocycles. The molecule has 0 amide bonds. The minimum absolute atomic E-state index is 0.0498. The molecule has 1 aromatic rings. The lowest BCUT2D eigenvalue weighted by molar-refractivity contribution is 0.402. The van der Waals surface area contributed by atoms with E-state index in [2.05, 4.69) is 19.2 Å². The molecule has 3 nitrogen and oxygen atoms in total. The fraction of sp³-hybridized carbons (Fsp3) is 0.455. The number of hydrogen-bond acceptors (Lipinski definition) is 3. The number of benzene rings is 1. The highest BCUT2D eigenvalue weighted by Gasteiger charge is 2.04. The predicted octanol–water partition coefficient (Wildman–Crippen LogP) is 1.64. The van der Waals surface area contributed by atoms with Gasteiger partial charge in [-0.05, 0) is 37.6 Å². The Labute approximate surface area is 84.4 Å². The molecule has 0 bridgehead atoms. The summed E-state index contributed by atoms with van der Waals surface area (Å²) < 4.78 is 0. The Kier molecular flexibility index (Phi) is 3.77. The fourth-order valence-electron chi connectivity index (χ4n) is 1.47. The van der Waals surface area contributed by atoms with Gasteiger partial charge in [-0.1, -0.05) is 13.0 Å². The first-order chi connectivity index (χ1) is 6.63. The van der Waals surface area contributed by atoms with Crippen LogP contribution >= 0.6 is 0 Å². The van der Waals surface area contributed by atoms with E-state index >= 15 is 0 Å². The maximum absolute atomic E-state index is 9.27. The van der Waals surface area contributed by atoms with E-state index in [4.69, 9.17) is 5.11 Å². The Balaban J connectivity index is 2.63. The fourth-order valence-corrected chi connectivity index (χ4v) is 1.47. The molecular weight excluding hydrogens is 178 g/mol. The highest BCUT2D eigenvalue weighted by molar-refractivity contribution is 5.40. The molecule has 3 N–H and O–H groups in total. The topological polar surface area (TPSA) is 52.5 Å². The van der Waals surface area contributed by atoms with Crippen LogP contribution in [-0.4, -0.2) is 22.8 Å². The number of phenolic OH excluding ortho intramolecular Hbond substituents is 2. The first kappa shape index (κ1) is 10.9. The molecular formula is C11H17NO2. The molecule has 0 unspecified atom stereocenters. The highest BCUT2D eigenvalue weighted by Crippen LogP contribution is 2.25. The molecule has 1 aromatic carbocycles. The van der Waals surface area contributed by atoms with Gasteiger partial charge in [0.25, 0.3) is 0 Å². The van der Waals surface area contributed by atoms with Crippen molar-refractivity contribution in [2.45, 2.75) is 26.3 Å². The number of likely N-dealkylation sites (N-methyl/N-ethyl adjacent to an activating group) is 1. The van der Waals surface area contributed by atoms with Gasteiger partial charge in [0.05, 0.1) is 0 Å². The average Bonchev–Trinajstić information content (AvgIpc) is 2.12. The van der Waals surface area contributed by atoms with Crippen molar-refractivity contribution in [1.82, 2.24) is 5.32 Å². The third-order valence-corrected chi connectivity index (χ3v) is 2.13. The molecule has 0 aliphatic heterocycles. The van der Waals surface area contributed by atoms with Crippen molar-refractivity contribution in [3.05, 3.63) is 23.8 Å². The summed E-state index contributed by atoms with van der Waals surface area (Å²) in [5, 5.41) is 21.7. The van der Waals surface area contributed by atoms with E-state index in [0.717, 1.165) is 18.5 Å². The maximum Gasteiger partial charge on any atom is 0.157 e. The van der Waals surface area contributed by atoms with Crippen LogP contribution in [-0.2, 0) is 6.42 Å². The van der Waals surface area contributed by atoms with E-state index in [1.54, 1.807) is 6.07 Å². The molecule has 0 aromatic heterocycles. The molecule has 14 heavy (non-hydrogen) atoms. The van der Waals surface area contributed by atoms with Crippen LogP contribution < -0.4 is 5.32 Å². The number of aromatic hydroxyl groups is 2. The van der Waals surface area contributed by atoms with E-state index in [1.165, 1.54) is 6.07 Å². The van der Waals surface area contributed by atoms with Gasteiger partial charge >= 0.3 is 0 Å². The van der Waals surface area contributed by atoms with Gasteiger partial charge in [-0.3, -0.25) is 0 Å². The highest BCUT2D eigenvalue weighted by atomic mass is 16.3. The lowest BCUT2D eigenvalue weighted by Gasteiger charge is -2.12. The molecule has 1 rings (SSSR count). The first-order valence-corrected chi connectivity index (χ1v) is 4.87. The van der Waals surface area contributed by atoms with Crippen molar-refractivity contribution in [3.8, 4) is 11.5 Å². The van der Waals surface area contributed by atoms with E-state index in [1.807, 2.05) is 6.07 Å². The molecule has 0 saturated heterocycles. The van der Waals surface area contributed by atoms with Gasteiger partial charge < -0.3 is 15.5 Å². The summed E-state index contributed by atoms with van der Waals surface area (Å²) >= 11 is 0. The quantitative estimate of drug-likeness (QED) is 0.640. The van der Waals surface area contributed by atoms with Crippen molar-refractivity contribution in [3.63, 3.8) is 0 Å². The summed E-state index contributed by atoms with van der Waals surface area (Å²) in [5.41, 5.74) is 1.02. The van der Waals surface area contributed by atoms with Gasteiger partial charge in [0, 0.05) is 6.04 Å². The molecule has 0 aliphatic rings.